The first-order chi connectivity index (χ1) is 10.3. The molecule has 3 unspecified atom stereocenters. The molecule has 0 aliphatic carbocycles. The highest BCUT2D eigenvalue weighted by Crippen LogP contribution is 2.25. The maximum absolute atomic E-state index is 6.00. The monoisotopic (exact) mass is 290 g/mol. The number of morpholine rings is 1. The molecule has 3 rings (SSSR count). The van der Waals surface area contributed by atoms with E-state index in [-0.39, 0.29) is 6.04 Å². The van der Waals surface area contributed by atoms with Gasteiger partial charge in [-0.3, -0.25) is 4.90 Å². The first-order valence-electron chi connectivity index (χ1n) is 8.00. The predicted octanol–water partition coefficient (Wildman–Crippen LogP) is 2.21. The van der Waals surface area contributed by atoms with E-state index in [1.165, 1.54) is 24.9 Å². The van der Waals surface area contributed by atoms with Gasteiger partial charge in [0, 0.05) is 30.7 Å². The minimum absolute atomic E-state index is 0.265. The molecule has 3 atom stereocenters. The van der Waals surface area contributed by atoms with Crippen LogP contribution in [0.5, 0.6) is 5.75 Å². The standard InChI is InChI=1S/C17H26N2O2/c1-13(16-7-3-4-8-17(16)20-2)18-10-15-11-19-9-5-6-14(19)12-21-15/h3-4,7-8,13-15,18H,5-6,9-12H2,1-2H3. The van der Waals surface area contributed by atoms with Gasteiger partial charge in [0.15, 0.2) is 0 Å². The van der Waals surface area contributed by atoms with Crippen LogP contribution in [-0.4, -0.2) is 50.4 Å². The molecule has 1 N–H and O–H groups in total. The molecule has 0 aromatic heterocycles. The summed E-state index contributed by atoms with van der Waals surface area (Å²) in [6.07, 6.45) is 2.93. The molecule has 2 aliphatic rings. The second-order valence-corrected chi connectivity index (χ2v) is 6.12. The van der Waals surface area contributed by atoms with E-state index in [0.717, 1.165) is 25.4 Å². The first-order valence-corrected chi connectivity index (χ1v) is 8.00. The van der Waals surface area contributed by atoms with Gasteiger partial charge < -0.3 is 14.8 Å². The van der Waals surface area contributed by atoms with Crippen molar-refractivity contribution >= 4 is 0 Å². The highest BCUT2D eigenvalue weighted by Gasteiger charge is 2.32. The summed E-state index contributed by atoms with van der Waals surface area (Å²) in [6.45, 7) is 6.28. The SMILES string of the molecule is COc1ccccc1C(C)NCC1CN2CCCC2CO1. The van der Waals surface area contributed by atoms with Crippen molar-refractivity contribution in [2.75, 3.05) is 33.4 Å². The Morgan fingerprint density at radius 1 is 1.43 bits per heavy atom. The Morgan fingerprint density at radius 2 is 2.29 bits per heavy atom. The summed E-state index contributed by atoms with van der Waals surface area (Å²) in [5.41, 5.74) is 1.20. The predicted molar refractivity (Wildman–Crippen MR) is 83.7 cm³/mol. The van der Waals surface area contributed by atoms with E-state index in [9.17, 15) is 0 Å². The number of ether oxygens (including phenoxy) is 2. The molecule has 0 bridgehead atoms. The number of hydrogen-bond donors (Lipinski definition) is 1. The Kier molecular flexibility index (Phi) is 4.78. The largest absolute Gasteiger partial charge is 0.496 e. The third kappa shape index (κ3) is 3.39. The lowest BCUT2D eigenvalue weighted by molar-refractivity contribution is -0.0477. The van der Waals surface area contributed by atoms with Crippen molar-refractivity contribution in [3.63, 3.8) is 0 Å². The number of nitrogens with zero attached hydrogens (tertiary/aromatic N) is 1. The smallest absolute Gasteiger partial charge is 0.123 e. The highest BCUT2D eigenvalue weighted by atomic mass is 16.5. The molecule has 2 saturated heterocycles. The molecular formula is C17H26N2O2. The van der Waals surface area contributed by atoms with Gasteiger partial charge in [0.2, 0.25) is 0 Å². The van der Waals surface area contributed by atoms with Crippen molar-refractivity contribution in [3.8, 4) is 5.75 Å². The van der Waals surface area contributed by atoms with Crippen LogP contribution in [0, 0.1) is 0 Å². The average molecular weight is 290 g/mol. The van der Waals surface area contributed by atoms with Crippen LogP contribution in [0.1, 0.15) is 31.4 Å². The Bertz CT molecular complexity index is 466. The van der Waals surface area contributed by atoms with Crippen LogP contribution < -0.4 is 10.1 Å². The maximum atomic E-state index is 6.00. The maximum Gasteiger partial charge on any atom is 0.123 e. The first kappa shape index (κ1) is 14.8. The van der Waals surface area contributed by atoms with Gasteiger partial charge in [0.25, 0.3) is 0 Å². The van der Waals surface area contributed by atoms with Crippen LogP contribution in [0.15, 0.2) is 24.3 Å². The van der Waals surface area contributed by atoms with E-state index < -0.39 is 0 Å². The molecule has 21 heavy (non-hydrogen) atoms. The van der Waals surface area contributed by atoms with Crippen molar-refractivity contribution < 1.29 is 9.47 Å². The van der Waals surface area contributed by atoms with E-state index in [2.05, 4.69) is 29.3 Å². The molecule has 0 saturated carbocycles. The van der Waals surface area contributed by atoms with Gasteiger partial charge in [0.05, 0.1) is 19.8 Å². The van der Waals surface area contributed by atoms with Crippen molar-refractivity contribution in [2.24, 2.45) is 0 Å². The van der Waals surface area contributed by atoms with E-state index in [0.29, 0.717) is 12.1 Å². The zero-order valence-corrected chi connectivity index (χ0v) is 13.0. The summed E-state index contributed by atoms with van der Waals surface area (Å²) in [5.74, 6) is 0.946. The molecule has 2 heterocycles. The Hall–Kier alpha value is -1.10. The fraction of sp³-hybridized carbons (Fsp3) is 0.647. The summed E-state index contributed by atoms with van der Waals surface area (Å²) in [5, 5.41) is 3.59. The lowest BCUT2D eigenvalue weighted by Gasteiger charge is -2.35. The molecule has 2 fully saturated rings. The van der Waals surface area contributed by atoms with E-state index in [1.54, 1.807) is 7.11 Å². The van der Waals surface area contributed by atoms with Gasteiger partial charge in [-0.15, -0.1) is 0 Å². The molecule has 0 spiro atoms. The number of rotatable bonds is 5. The van der Waals surface area contributed by atoms with E-state index in [4.69, 9.17) is 9.47 Å². The lowest BCUT2D eigenvalue weighted by atomic mass is 10.1. The van der Waals surface area contributed by atoms with Gasteiger partial charge in [-0.25, -0.2) is 0 Å². The Morgan fingerprint density at radius 3 is 3.14 bits per heavy atom. The third-order valence-electron chi connectivity index (χ3n) is 4.72. The topological polar surface area (TPSA) is 33.7 Å². The van der Waals surface area contributed by atoms with Crippen molar-refractivity contribution in [3.05, 3.63) is 29.8 Å². The number of para-hydroxylation sites is 1. The normalized spacial score (nSPS) is 27.3. The van der Waals surface area contributed by atoms with Crippen LogP contribution in [-0.2, 0) is 4.74 Å². The molecule has 116 valence electrons. The second kappa shape index (κ2) is 6.77. The summed E-state index contributed by atoms with van der Waals surface area (Å²) in [7, 11) is 1.73. The van der Waals surface area contributed by atoms with Gasteiger partial charge in [-0.2, -0.15) is 0 Å². The molecule has 4 nitrogen and oxygen atoms in total. The summed E-state index contributed by atoms with van der Waals surface area (Å²) < 4.78 is 11.4. The summed E-state index contributed by atoms with van der Waals surface area (Å²) in [6, 6.07) is 9.14. The number of nitrogens with one attached hydrogen (secondary N) is 1. The van der Waals surface area contributed by atoms with E-state index in [1.807, 2.05) is 12.1 Å². The van der Waals surface area contributed by atoms with Gasteiger partial charge >= 0.3 is 0 Å². The molecule has 4 heteroatoms. The molecule has 0 radical (unpaired) electrons. The number of fused-ring (bicyclic) bond motifs is 1. The minimum atomic E-state index is 0.265. The van der Waals surface area contributed by atoms with Crippen molar-refractivity contribution in [2.45, 2.75) is 38.0 Å². The van der Waals surface area contributed by atoms with E-state index >= 15 is 0 Å². The van der Waals surface area contributed by atoms with Crippen LogP contribution in [0.4, 0.5) is 0 Å². The van der Waals surface area contributed by atoms with Crippen LogP contribution >= 0.6 is 0 Å². The fourth-order valence-electron chi connectivity index (χ4n) is 3.45. The van der Waals surface area contributed by atoms with Gasteiger partial charge in [0.1, 0.15) is 5.75 Å². The van der Waals surface area contributed by atoms with Crippen molar-refractivity contribution in [1.82, 2.24) is 10.2 Å². The average Bonchev–Trinajstić information content (AvgIpc) is 3.00. The molecule has 0 amide bonds. The Labute approximate surface area is 127 Å². The van der Waals surface area contributed by atoms with Gasteiger partial charge in [-0.05, 0) is 32.4 Å². The van der Waals surface area contributed by atoms with Crippen molar-refractivity contribution in [1.29, 1.82) is 0 Å². The van der Waals surface area contributed by atoms with Crippen LogP contribution in [0.2, 0.25) is 0 Å². The zero-order chi connectivity index (χ0) is 14.7. The highest BCUT2D eigenvalue weighted by molar-refractivity contribution is 5.35. The molecular weight excluding hydrogens is 264 g/mol. The summed E-state index contributed by atoms with van der Waals surface area (Å²) >= 11 is 0. The molecule has 1 aromatic carbocycles. The molecule has 1 aromatic rings. The van der Waals surface area contributed by atoms with Gasteiger partial charge in [-0.1, -0.05) is 18.2 Å². The summed E-state index contributed by atoms with van der Waals surface area (Å²) in [4.78, 5) is 2.59. The number of hydrogen-bond acceptors (Lipinski definition) is 4. The quantitative estimate of drug-likeness (QED) is 0.901. The number of methoxy groups -OCH3 is 1. The van der Waals surface area contributed by atoms with Crippen LogP contribution in [0.3, 0.4) is 0 Å². The third-order valence-corrected chi connectivity index (χ3v) is 4.72. The molecule has 2 aliphatic heterocycles. The zero-order valence-electron chi connectivity index (χ0n) is 13.0. The Balaban J connectivity index is 1.52. The lowest BCUT2D eigenvalue weighted by Crippen LogP contribution is -2.49. The number of benzene rings is 1. The van der Waals surface area contributed by atoms with Crippen LogP contribution in [0.25, 0.3) is 0 Å². The minimum Gasteiger partial charge on any atom is -0.496 e. The second-order valence-electron chi connectivity index (χ2n) is 6.12. The fourth-order valence-corrected chi connectivity index (χ4v) is 3.45.